The normalized spacial score (nSPS) is 24.9. The summed E-state index contributed by atoms with van der Waals surface area (Å²) in [5.41, 5.74) is -1.22. The minimum absolute atomic E-state index is 0.105. The number of alkyl halides is 2. The van der Waals surface area contributed by atoms with Crippen LogP contribution in [0.1, 0.15) is 25.9 Å². The van der Waals surface area contributed by atoms with E-state index in [9.17, 15) is 14.5 Å². The summed E-state index contributed by atoms with van der Waals surface area (Å²) in [6.45, 7) is 4.16. The number of carbonyl (C=O) groups excluding carboxylic acids is 1. The fraction of sp³-hybridized carbons (Fsp3) is 0.500. The van der Waals surface area contributed by atoms with Gasteiger partial charge in [0.2, 0.25) is 0 Å². The topological polar surface area (TPSA) is 159 Å². The molecule has 3 aromatic rings. The lowest BCUT2D eigenvalue weighted by molar-refractivity contribution is -0.144. The van der Waals surface area contributed by atoms with Gasteiger partial charge in [0.1, 0.15) is 29.3 Å². The minimum Gasteiger partial charge on any atom is -0.465 e. The number of carbonyl (C=O) groups is 1. The number of nitrogens with zero attached hydrogens (tertiary/aromatic N) is 4. The van der Waals surface area contributed by atoms with Crippen LogP contribution < -0.4 is 14.9 Å². The smallest absolute Gasteiger partial charge is 0.459 e. The summed E-state index contributed by atoms with van der Waals surface area (Å²) in [6.07, 6.45) is -3.87. The molecule has 1 aliphatic heterocycles. The summed E-state index contributed by atoms with van der Waals surface area (Å²) in [7, 11) is -2.67. The van der Waals surface area contributed by atoms with Crippen LogP contribution in [0, 0.1) is 6.92 Å². The van der Waals surface area contributed by atoms with Crippen molar-refractivity contribution >= 4 is 42.3 Å². The Hall–Kier alpha value is -2.87. The van der Waals surface area contributed by atoms with Gasteiger partial charge in [-0.05, 0) is 32.9 Å². The molecule has 3 N–H and O–H groups in total. The number of hydrogen-bond acceptors (Lipinski definition) is 11. The van der Waals surface area contributed by atoms with Gasteiger partial charge in [-0.15, -0.1) is 11.6 Å². The van der Waals surface area contributed by atoms with Crippen molar-refractivity contribution in [3.63, 3.8) is 0 Å². The van der Waals surface area contributed by atoms with E-state index in [1.54, 1.807) is 39.1 Å². The lowest BCUT2D eigenvalue weighted by Gasteiger charge is -2.31. The van der Waals surface area contributed by atoms with Crippen molar-refractivity contribution in [1.82, 2.24) is 24.6 Å². The second-order valence-corrected chi connectivity index (χ2v) is 11.0. The molecule has 6 atom stereocenters. The van der Waals surface area contributed by atoms with Crippen LogP contribution in [0.5, 0.6) is 5.75 Å². The summed E-state index contributed by atoms with van der Waals surface area (Å²) in [4.78, 5) is 25.1. The number of benzene rings is 1. The molecule has 1 saturated heterocycles. The number of nitrogens with one attached hydrogen (secondary N) is 2. The summed E-state index contributed by atoms with van der Waals surface area (Å²) in [5, 5.41) is 16.4. The number of para-hydroxylation sites is 1. The molecule has 218 valence electrons. The minimum atomic E-state index is -4.34. The van der Waals surface area contributed by atoms with Crippen LogP contribution in [0.3, 0.4) is 0 Å². The van der Waals surface area contributed by atoms with Gasteiger partial charge in [-0.3, -0.25) is 13.9 Å². The Morgan fingerprint density at radius 3 is 2.73 bits per heavy atom. The number of hydrogen-bond donors (Lipinski definition) is 3. The molecular weight excluding hydrogens is 570 g/mol. The highest BCUT2D eigenvalue weighted by molar-refractivity contribution is 7.52. The molecule has 16 heteroatoms. The van der Waals surface area contributed by atoms with Crippen LogP contribution >= 0.6 is 19.3 Å². The van der Waals surface area contributed by atoms with Gasteiger partial charge in [0.15, 0.2) is 29.4 Å². The Bertz CT molecular complexity index is 1380. The van der Waals surface area contributed by atoms with E-state index < -0.39 is 56.3 Å². The summed E-state index contributed by atoms with van der Waals surface area (Å²) >= 11 is 6.21. The Labute approximate surface area is 234 Å². The number of esters is 1. The zero-order valence-corrected chi connectivity index (χ0v) is 23.9. The fourth-order valence-electron chi connectivity index (χ4n) is 4.15. The molecule has 0 unspecified atom stereocenters. The quantitative estimate of drug-likeness (QED) is 0.159. The Balaban J connectivity index is 1.61. The van der Waals surface area contributed by atoms with Crippen molar-refractivity contribution in [3.05, 3.63) is 42.5 Å². The maximum absolute atomic E-state index is 15.6. The number of anilines is 1. The highest BCUT2D eigenvalue weighted by atomic mass is 35.5. The number of fused-ring (bicyclic) bond motifs is 1. The van der Waals surface area contributed by atoms with E-state index in [2.05, 4.69) is 25.4 Å². The van der Waals surface area contributed by atoms with Crippen molar-refractivity contribution < 1.29 is 37.4 Å². The maximum atomic E-state index is 15.6. The summed E-state index contributed by atoms with van der Waals surface area (Å²) < 4.78 is 53.0. The Morgan fingerprint density at radius 1 is 1.35 bits per heavy atom. The van der Waals surface area contributed by atoms with Gasteiger partial charge < -0.3 is 24.4 Å². The summed E-state index contributed by atoms with van der Waals surface area (Å²) in [6, 6.07) is 7.00. The molecule has 0 saturated carbocycles. The maximum Gasteiger partial charge on any atom is 0.459 e. The first-order valence-corrected chi connectivity index (χ1v) is 14.5. The first-order chi connectivity index (χ1) is 19.1. The molecule has 1 aliphatic rings. The third kappa shape index (κ3) is 6.07. The summed E-state index contributed by atoms with van der Waals surface area (Å²) in [5.74, 6) is -0.125. The van der Waals surface area contributed by atoms with E-state index in [-0.39, 0.29) is 18.0 Å². The lowest BCUT2D eigenvalue weighted by atomic mass is 9.99. The number of aliphatic hydroxyl groups excluding tert-OH is 1. The largest absolute Gasteiger partial charge is 0.465 e. The van der Waals surface area contributed by atoms with Crippen molar-refractivity contribution in [2.45, 2.75) is 50.9 Å². The predicted molar refractivity (Wildman–Crippen MR) is 144 cm³/mol. The molecule has 0 spiro atoms. The molecule has 0 aliphatic carbocycles. The van der Waals surface area contributed by atoms with Crippen LogP contribution in [0.25, 0.3) is 11.2 Å². The number of aromatic nitrogens is 4. The van der Waals surface area contributed by atoms with Gasteiger partial charge in [0.05, 0.1) is 25.4 Å². The first-order valence-electron chi connectivity index (χ1n) is 12.4. The molecule has 13 nitrogen and oxygen atoms in total. The molecule has 4 rings (SSSR count). The number of halogens is 2. The van der Waals surface area contributed by atoms with Gasteiger partial charge in [-0.2, -0.15) is 5.09 Å². The van der Waals surface area contributed by atoms with Gasteiger partial charge in [-0.1, -0.05) is 18.2 Å². The number of rotatable bonds is 12. The van der Waals surface area contributed by atoms with E-state index in [4.69, 9.17) is 30.1 Å². The first kappa shape index (κ1) is 30.1. The molecule has 40 heavy (non-hydrogen) atoms. The van der Waals surface area contributed by atoms with Gasteiger partial charge >= 0.3 is 13.7 Å². The van der Waals surface area contributed by atoms with E-state index in [0.29, 0.717) is 17.2 Å². The van der Waals surface area contributed by atoms with Crippen LogP contribution in [-0.2, 0) is 23.4 Å². The monoisotopic (exact) mass is 600 g/mol. The third-order valence-electron chi connectivity index (χ3n) is 6.18. The predicted octanol–water partition coefficient (Wildman–Crippen LogP) is 3.13. The molecule has 2 aromatic heterocycles. The molecule has 0 radical (unpaired) electrons. The van der Waals surface area contributed by atoms with Crippen molar-refractivity contribution in [2.75, 3.05) is 31.5 Å². The van der Waals surface area contributed by atoms with Crippen molar-refractivity contribution in [2.24, 2.45) is 0 Å². The van der Waals surface area contributed by atoms with Crippen LogP contribution in [0.4, 0.5) is 10.2 Å². The lowest BCUT2D eigenvalue weighted by Crippen LogP contribution is -2.48. The van der Waals surface area contributed by atoms with Crippen molar-refractivity contribution in [1.29, 1.82) is 0 Å². The molecular formula is C24H31ClFN6O7P. The average Bonchev–Trinajstić information content (AvgIpc) is 3.46. The standard InChI is InChI=1S/C24H31ClFN6O7P/c1-5-36-23(34)14(2)31-40(35,39-16-9-7-6-8-10-16)37-12-24(11-25)19(33)17(26)22(38-24)32-13-28-18-20(27-4)29-15(3)30-21(18)32/h6-10,13-14,17,19,22,33H,5,11-12H2,1-4H3,(H,31,35)(H,27,29,30)/t14-,17-,19+,22-,24-,40+/m1/s1. The molecule has 3 heterocycles. The highest BCUT2D eigenvalue weighted by Gasteiger charge is 2.57. The number of imidazole rings is 1. The molecule has 1 fully saturated rings. The fourth-order valence-corrected chi connectivity index (χ4v) is 5.99. The number of aryl methyl sites for hydroxylation is 1. The second kappa shape index (κ2) is 12.3. The van der Waals surface area contributed by atoms with E-state index >= 15 is 4.39 Å². The third-order valence-corrected chi connectivity index (χ3v) is 8.25. The van der Waals surface area contributed by atoms with Crippen LogP contribution in [0.15, 0.2) is 36.7 Å². The highest BCUT2D eigenvalue weighted by Crippen LogP contribution is 2.49. The molecule has 0 amide bonds. The zero-order chi connectivity index (χ0) is 29.1. The van der Waals surface area contributed by atoms with Gasteiger partial charge in [0.25, 0.3) is 0 Å². The van der Waals surface area contributed by atoms with E-state index in [0.717, 1.165) is 0 Å². The zero-order valence-electron chi connectivity index (χ0n) is 22.3. The van der Waals surface area contributed by atoms with Gasteiger partial charge in [0, 0.05) is 7.05 Å². The second-order valence-electron chi connectivity index (χ2n) is 9.07. The van der Waals surface area contributed by atoms with E-state index in [1.807, 2.05) is 0 Å². The SMILES string of the molecule is CCOC(=O)[C@@H](C)N[P@](=O)(OC[C@@]1(CCl)O[C@@H](n2cnc3c(NC)nc(C)nc32)[C@H](F)[C@@H]1O)Oc1ccccc1. The van der Waals surface area contributed by atoms with E-state index in [1.165, 1.54) is 30.0 Å². The Morgan fingerprint density at radius 2 is 2.08 bits per heavy atom. The van der Waals surface area contributed by atoms with Crippen LogP contribution in [-0.4, -0.2) is 80.7 Å². The van der Waals surface area contributed by atoms with Gasteiger partial charge in [-0.25, -0.2) is 23.9 Å². The molecule has 1 aromatic carbocycles. The van der Waals surface area contributed by atoms with Crippen LogP contribution in [0.2, 0.25) is 0 Å². The van der Waals surface area contributed by atoms with Crippen molar-refractivity contribution in [3.8, 4) is 5.75 Å². The number of ether oxygens (including phenoxy) is 2. The molecule has 0 bridgehead atoms. The Kier molecular flexibility index (Phi) is 9.28. The number of aliphatic hydroxyl groups is 1. The average molecular weight is 601 g/mol.